The Morgan fingerprint density at radius 1 is 1.50 bits per heavy atom. The van der Waals surface area contributed by atoms with Crippen molar-refractivity contribution in [1.82, 2.24) is 15.1 Å². The van der Waals surface area contributed by atoms with Gasteiger partial charge in [0.25, 0.3) is 0 Å². The highest BCUT2D eigenvalue weighted by molar-refractivity contribution is 9.10. The molecule has 0 spiro atoms. The molecule has 0 aliphatic carbocycles. The number of nitrogens with zero attached hydrogens (tertiary/aromatic N) is 2. The predicted molar refractivity (Wildman–Crippen MR) is 79.5 cm³/mol. The first kappa shape index (κ1) is 15.0. The van der Waals surface area contributed by atoms with Crippen molar-refractivity contribution >= 4 is 15.9 Å². The summed E-state index contributed by atoms with van der Waals surface area (Å²) >= 11 is 3.38. The van der Waals surface area contributed by atoms with E-state index in [1.54, 1.807) is 37.2 Å². The number of halogens is 2. The number of aryl methyl sites for hydroxylation is 1. The first-order valence-electron chi connectivity index (χ1n) is 6.34. The average Bonchev–Trinajstić information content (AvgIpc) is 2.86. The molecule has 0 fully saturated rings. The summed E-state index contributed by atoms with van der Waals surface area (Å²) in [6.45, 7) is 2.67. The number of aromatic nitrogens is 2. The molecule has 0 bridgehead atoms. The van der Waals surface area contributed by atoms with E-state index < -0.39 is 0 Å². The molecule has 0 saturated carbocycles. The monoisotopic (exact) mass is 341 g/mol. The van der Waals surface area contributed by atoms with Gasteiger partial charge in [-0.3, -0.25) is 4.68 Å². The largest absolute Gasteiger partial charge is 0.493 e. The van der Waals surface area contributed by atoms with Gasteiger partial charge in [0.2, 0.25) is 0 Å². The second-order valence-electron chi connectivity index (χ2n) is 4.30. The van der Waals surface area contributed by atoms with Crippen LogP contribution in [0.2, 0.25) is 0 Å². The van der Waals surface area contributed by atoms with Gasteiger partial charge in [-0.2, -0.15) is 5.10 Å². The molecule has 1 N–H and O–H groups in total. The standard InChI is InChI=1S/C14H17BrFN3O/c1-4-19-14(12(20-3)8-18-19)13(17-2)10-7-9(15)5-6-11(10)16/h5-8,13,17H,4H2,1-3H3. The van der Waals surface area contributed by atoms with Crippen molar-refractivity contribution in [2.45, 2.75) is 19.5 Å². The van der Waals surface area contributed by atoms with E-state index in [1.807, 2.05) is 6.92 Å². The molecule has 20 heavy (non-hydrogen) atoms. The number of rotatable bonds is 5. The molecule has 108 valence electrons. The van der Waals surface area contributed by atoms with Crippen molar-refractivity contribution in [3.8, 4) is 5.75 Å². The third-order valence-electron chi connectivity index (χ3n) is 3.20. The fourth-order valence-corrected chi connectivity index (χ4v) is 2.63. The van der Waals surface area contributed by atoms with Gasteiger partial charge in [-0.1, -0.05) is 15.9 Å². The maximum atomic E-state index is 14.1. The van der Waals surface area contributed by atoms with Crippen molar-refractivity contribution in [2.75, 3.05) is 14.2 Å². The summed E-state index contributed by atoms with van der Waals surface area (Å²) in [5.41, 5.74) is 1.37. The molecular formula is C14H17BrFN3O. The molecule has 1 aromatic heterocycles. The Labute approximate surface area is 126 Å². The molecule has 6 heteroatoms. The molecule has 0 aliphatic heterocycles. The van der Waals surface area contributed by atoms with E-state index in [0.717, 1.165) is 10.2 Å². The minimum absolute atomic E-state index is 0.265. The van der Waals surface area contributed by atoms with Gasteiger partial charge in [-0.05, 0) is 32.2 Å². The second-order valence-corrected chi connectivity index (χ2v) is 5.22. The van der Waals surface area contributed by atoms with E-state index in [4.69, 9.17) is 4.74 Å². The molecule has 1 heterocycles. The first-order valence-corrected chi connectivity index (χ1v) is 7.13. The van der Waals surface area contributed by atoms with Gasteiger partial charge in [0.1, 0.15) is 11.5 Å². The maximum absolute atomic E-state index is 14.1. The summed E-state index contributed by atoms with van der Waals surface area (Å²) in [6.07, 6.45) is 1.65. The van der Waals surface area contributed by atoms with Crippen LogP contribution >= 0.6 is 15.9 Å². The van der Waals surface area contributed by atoms with E-state index in [-0.39, 0.29) is 11.9 Å². The van der Waals surface area contributed by atoms with Crippen LogP contribution in [0.25, 0.3) is 0 Å². The molecule has 0 saturated heterocycles. The van der Waals surface area contributed by atoms with E-state index >= 15 is 0 Å². The zero-order valence-corrected chi connectivity index (χ0v) is 13.2. The van der Waals surface area contributed by atoms with Gasteiger partial charge in [-0.15, -0.1) is 0 Å². The van der Waals surface area contributed by atoms with Crippen LogP contribution in [0.3, 0.4) is 0 Å². The number of benzene rings is 1. The number of hydrogen-bond donors (Lipinski definition) is 1. The van der Waals surface area contributed by atoms with Gasteiger partial charge < -0.3 is 10.1 Å². The Balaban J connectivity index is 2.57. The fraction of sp³-hybridized carbons (Fsp3) is 0.357. The van der Waals surface area contributed by atoms with Crippen LogP contribution in [0.1, 0.15) is 24.2 Å². The molecule has 0 aliphatic rings. The Kier molecular flexibility index (Phi) is 4.77. The van der Waals surface area contributed by atoms with Crippen LogP contribution < -0.4 is 10.1 Å². The molecule has 0 radical (unpaired) electrons. The highest BCUT2D eigenvalue weighted by atomic mass is 79.9. The molecule has 2 aromatic rings. The fourth-order valence-electron chi connectivity index (χ4n) is 2.25. The van der Waals surface area contributed by atoms with Gasteiger partial charge >= 0.3 is 0 Å². The molecule has 4 nitrogen and oxygen atoms in total. The lowest BCUT2D eigenvalue weighted by molar-refractivity contribution is 0.400. The Bertz CT molecular complexity index is 579. The van der Waals surface area contributed by atoms with Crippen LogP contribution in [0.15, 0.2) is 28.9 Å². The highest BCUT2D eigenvalue weighted by Gasteiger charge is 2.24. The predicted octanol–water partition coefficient (Wildman–Crippen LogP) is 3.12. The summed E-state index contributed by atoms with van der Waals surface area (Å²) < 4.78 is 22.1. The van der Waals surface area contributed by atoms with E-state index in [2.05, 4.69) is 26.3 Å². The Morgan fingerprint density at radius 3 is 2.85 bits per heavy atom. The van der Waals surface area contributed by atoms with Gasteiger partial charge in [0, 0.05) is 16.6 Å². The van der Waals surface area contributed by atoms with E-state index in [0.29, 0.717) is 17.9 Å². The normalized spacial score (nSPS) is 12.4. The van der Waals surface area contributed by atoms with E-state index in [9.17, 15) is 4.39 Å². The molecule has 0 amide bonds. The maximum Gasteiger partial charge on any atom is 0.161 e. The summed E-state index contributed by atoms with van der Waals surface area (Å²) in [4.78, 5) is 0. The van der Waals surface area contributed by atoms with Crippen molar-refractivity contribution < 1.29 is 9.13 Å². The quantitative estimate of drug-likeness (QED) is 0.908. The van der Waals surface area contributed by atoms with Crippen LogP contribution in [0.4, 0.5) is 4.39 Å². The number of methoxy groups -OCH3 is 1. The summed E-state index contributed by atoms with van der Waals surface area (Å²) in [5.74, 6) is 0.379. The SMILES string of the molecule is CCn1ncc(OC)c1C(NC)c1cc(Br)ccc1F. The topological polar surface area (TPSA) is 39.1 Å². The van der Waals surface area contributed by atoms with Crippen molar-refractivity contribution in [3.63, 3.8) is 0 Å². The minimum atomic E-state index is -0.329. The van der Waals surface area contributed by atoms with Crippen LogP contribution in [0.5, 0.6) is 5.75 Å². The summed E-state index contributed by atoms with van der Waals surface area (Å²) in [6, 6.07) is 4.57. The average molecular weight is 342 g/mol. The zero-order chi connectivity index (χ0) is 14.7. The lowest BCUT2D eigenvalue weighted by Crippen LogP contribution is -2.23. The molecular weight excluding hydrogens is 325 g/mol. The first-order chi connectivity index (χ1) is 9.62. The Hall–Kier alpha value is -1.40. The third-order valence-corrected chi connectivity index (χ3v) is 3.69. The zero-order valence-electron chi connectivity index (χ0n) is 11.7. The lowest BCUT2D eigenvalue weighted by Gasteiger charge is -2.20. The van der Waals surface area contributed by atoms with Gasteiger partial charge in [0.05, 0.1) is 19.3 Å². The van der Waals surface area contributed by atoms with E-state index in [1.165, 1.54) is 6.07 Å². The third kappa shape index (κ3) is 2.71. The molecule has 1 unspecified atom stereocenters. The van der Waals surface area contributed by atoms with Crippen molar-refractivity contribution in [3.05, 3.63) is 45.9 Å². The van der Waals surface area contributed by atoms with Gasteiger partial charge in [-0.25, -0.2) is 4.39 Å². The van der Waals surface area contributed by atoms with Crippen LogP contribution in [-0.2, 0) is 6.54 Å². The highest BCUT2D eigenvalue weighted by Crippen LogP contribution is 2.32. The summed E-state index contributed by atoms with van der Waals surface area (Å²) in [7, 11) is 3.38. The van der Waals surface area contributed by atoms with Crippen molar-refractivity contribution in [1.29, 1.82) is 0 Å². The number of hydrogen-bond acceptors (Lipinski definition) is 3. The lowest BCUT2D eigenvalue weighted by atomic mass is 10.0. The number of ether oxygens (including phenoxy) is 1. The molecule has 1 aromatic carbocycles. The molecule has 1 atom stereocenters. The van der Waals surface area contributed by atoms with Crippen molar-refractivity contribution in [2.24, 2.45) is 0 Å². The Morgan fingerprint density at radius 2 is 2.25 bits per heavy atom. The molecule has 2 rings (SSSR count). The summed E-state index contributed by atoms with van der Waals surface area (Å²) in [5, 5.41) is 7.41. The van der Waals surface area contributed by atoms with Gasteiger partial charge in [0.15, 0.2) is 5.75 Å². The second kappa shape index (κ2) is 6.37. The minimum Gasteiger partial charge on any atom is -0.493 e. The number of nitrogens with one attached hydrogen (secondary N) is 1. The van der Waals surface area contributed by atoms with Crippen LogP contribution in [0, 0.1) is 5.82 Å². The van der Waals surface area contributed by atoms with Crippen LogP contribution in [-0.4, -0.2) is 23.9 Å². The smallest absolute Gasteiger partial charge is 0.161 e.